The maximum atomic E-state index is 6.51. The quantitative estimate of drug-likeness (QED) is 0.137. The first-order chi connectivity index (χ1) is 32.7. The van der Waals surface area contributed by atoms with Gasteiger partial charge >= 0.3 is 0 Å². The minimum absolute atomic E-state index is 0.226. The molecule has 8 aromatic carbocycles. The lowest BCUT2D eigenvalue weighted by atomic mass is 9.92. The molecule has 1 heterocycles. The minimum Gasteiger partial charge on any atom is -0.491 e. The molecule has 9 rings (SSSR count). The molecule has 0 unspecified atom stereocenters. The summed E-state index contributed by atoms with van der Waals surface area (Å²) in [5.41, 5.74) is 2.68. The van der Waals surface area contributed by atoms with Gasteiger partial charge in [0.15, 0.2) is 23.0 Å². The van der Waals surface area contributed by atoms with Crippen LogP contribution in [0.15, 0.2) is 158 Å². The normalized spacial score (nSPS) is 15.8. The highest BCUT2D eigenvalue weighted by molar-refractivity contribution is 6.09. The average Bonchev–Trinajstić information content (AvgIpc) is 3.35. The number of fused-ring (bicyclic) bond motifs is 11. The molecule has 1 aliphatic rings. The molecule has 0 saturated heterocycles. The van der Waals surface area contributed by atoms with Gasteiger partial charge in [-0.1, -0.05) is 116 Å². The van der Waals surface area contributed by atoms with Gasteiger partial charge < -0.3 is 47.4 Å². The SMILES string of the molecule is C=C1COc2cc3ccccc3cc2OCCOCCOCCOc2ccc3ccccc3c2-c2c(ccc3ccccc23)OCCOCCOCCOc2cc3ccccc3cc2OC1. The van der Waals surface area contributed by atoms with E-state index in [2.05, 4.69) is 67.2 Å². The van der Waals surface area contributed by atoms with Gasteiger partial charge in [0.05, 0.1) is 52.9 Å². The highest BCUT2D eigenvalue weighted by atomic mass is 16.6. The standard InChI is InChI=1S/C56H54O10/c1-40-38-65-53-36-45-14-4-2-12-43(45)34-51(53)63-32-28-59-24-22-57-26-30-61-49-20-18-41-10-6-8-16-47(41)55(49)56-48-17-9-7-11-42(48)19-21-50(56)62-31-27-58-23-25-60-29-33-64-52-35-44-13-3-5-15-46(44)37-54(52)66-39-40/h2-21,34-37H,1,22-33,38-39H2. The van der Waals surface area contributed by atoms with Crippen LogP contribution in [0.4, 0.5) is 0 Å². The predicted molar refractivity (Wildman–Crippen MR) is 260 cm³/mol. The Morgan fingerprint density at radius 3 is 0.924 bits per heavy atom. The van der Waals surface area contributed by atoms with Crippen molar-refractivity contribution in [3.8, 4) is 45.6 Å². The van der Waals surface area contributed by atoms with Gasteiger partial charge in [0.2, 0.25) is 0 Å². The van der Waals surface area contributed by atoms with E-state index in [0.717, 1.165) is 71.3 Å². The van der Waals surface area contributed by atoms with Gasteiger partial charge in [0.25, 0.3) is 0 Å². The summed E-state index contributed by atoms with van der Waals surface area (Å²) < 4.78 is 61.9. The monoisotopic (exact) mass is 886 g/mol. The van der Waals surface area contributed by atoms with Gasteiger partial charge in [-0.25, -0.2) is 0 Å². The van der Waals surface area contributed by atoms with Crippen molar-refractivity contribution in [3.05, 3.63) is 158 Å². The zero-order valence-corrected chi connectivity index (χ0v) is 37.0. The summed E-state index contributed by atoms with van der Waals surface area (Å²) in [6, 6.07) is 49.1. The van der Waals surface area contributed by atoms with Crippen molar-refractivity contribution in [3.63, 3.8) is 0 Å². The zero-order chi connectivity index (χ0) is 44.8. The van der Waals surface area contributed by atoms with Crippen LogP contribution in [0.1, 0.15) is 0 Å². The van der Waals surface area contributed by atoms with E-state index in [1.54, 1.807) is 0 Å². The number of ether oxygens (including phenoxy) is 10. The Morgan fingerprint density at radius 2 is 0.561 bits per heavy atom. The third-order valence-corrected chi connectivity index (χ3v) is 11.2. The molecule has 0 N–H and O–H groups in total. The molecule has 0 fully saturated rings. The predicted octanol–water partition coefficient (Wildman–Crippen LogP) is 11.3. The van der Waals surface area contributed by atoms with E-state index in [4.69, 9.17) is 47.4 Å². The number of hydrogen-bond donors (Lipinski definition) is 0. The van der Waals surface area contributed by atoms with Crippen LogP contribution in [0.3, 0.4) is 0 Å². The first-order valence-electron chi connectivity index (χ1n) is 22.5. The van der Waals surface area contributed by atoms with Crippen LogP contribution in [0.5, 0.6) is 34.5 Å². The first-order valence-corrected chi connectivity index (χ1v) is 22.5. The topological polar surface area (TPSA) is 92.3 Å². The Hall–Kier alpha value is -6.82. The van der Waals surface area contributed by atoms with Gasteiger partial charge in [0, 0.05) is 11.1 Å². The molecule has 10 nitrogen and oxygen atoms in total. The Bertz CT molecular complexity index is 2700. The van der Waals surface area contributed by atoms with E-state index in [-0.39, 0.29) is 13.2 Å². The second-order valence-electron chi connectivity index (χ2n) is 15.8. The summed E-state index contributed by atoms with van der Waals surface area (Å²) in [5.74, 6) is 3.95. The molecule has 0 aromatic heterocycles. The lowest BCUT2D eigenvalue weighted by molar-refractivity contribution is 0.0270. The summed E-state index contributed by atoms with van der Waals surface area (Å²) in [6.45, 7) is 9.21. The molecule has 1 aliphatic heterocycles. The van der Waals surface area contributed by atoms with E-state index in [0.29, 0.717) is 102 Å². The fraction of sp³-hybridized carbons (Fsp3) is 0.250. The fourth-order valence-electron chi connectivity index (χ4n) is 8.00. The number of hydrogen-bond acceptors (Lipinski definition) is 10. The van der Waals surface area contributed by atoms with Crippen molar-refractivity contribution in [2.24, 2.45) is 0 Å². The summed E-state index contributed by atoms with van der Waals surface area (Å²) in [5, 5.41) is 8.50. The van der Waals surface area contributed by atoms with Crippen molar-refractivity contribution < 1.29 is 47.4 Å². The molecule has 10 heteroatoms. The summed E-state index contributed by atoms with van der Waals surface area (Å²) >= 11 is 0. The van der Waals surface area contributed by atoms with Crippen molar-refractivity contribution in [2.45, 2.75) is 0 Å². The van der Waals surface area contributed by atoms with Gasteiger partial charge in [-0.05, 0) is 85.1 Å². The average molecular weight is 887 g/mol. The first kappa shape index (κ1) is 44.4. The van der Waals surface area contributed by atoms with Crippen LogP contribution in [-0.4, -0.2) is 92.5 Å². The Labute approximate surface area is 385 Å². The van der Waals surface area contributed by atoms with Crippen LogP contribution in [0.25, 0.3) is 54.2 Å². The maximum Gasteiger partial charge on any atom is 0.162 e. The molecule has 0 atom stereocenters. The summed E-state index contributed by atoms with van der Waals surface area (Å²) in [7, 11) is 0. The van der Waals surface area contributed by atoms with Gasteiger partial charge in [-0.15, -0.1) is 0 Å². The van der Waals surface area contributed by atoms with Crippen molar-refractivity contribution in [2.75, 3.05) is 92.5 Å². The molecule has 338 valence electrons. The highest BCUT2D eigenvalue weighted by Crippen LogP contribution is 2.45. The van der Waals surface area contributed by atoms with Crippen molar-refractivity contribution in [1.82, 2.24) is 0 Å². The smallest absolute Gasteiger partial charge is 0.162 e. The Kier molecular flexibility index (Phi) is 15.1. The fourth-order valence-corrected chi connectivity index (χ4v) is 8.00. The van der Waals surface area contributed by atoms with Crippen LogP contribution in [0.2, 0.25) is 0 Å². The third-order valence-electron chi connectivity index (χ3n) is 11.2. The van der Waals surface area contributed by atoms with Gasteiger partial charge in [-0.2, -0.15) is 0 Å². The van der Waals surface area contributed by atoms with E-state index in [1.165, 1.54) is 0 Å². The molecule has 66 heavy (non-hydrogen) atoms. The molecule has 0 radical (unpaired) electrons. The number of rotatable bonds is 0. The molecule has 0 spiro atoms. The summed E-state index contributed by atoms with van der Waals surface area (Å²) in [4.78, 5) is 0. The largest absolute Gasteiger partial charge is 0.491 e. The van der Waals surface area contributed by atoms with Gasteiger partial charge in [-0.3, -0.25) is 0 Å². The highest BCUT2D eigenvalue weighted by Gasteiger charge is 2.20. The third kappa shape index (κ3) is 11.2. The second-order valence-corrected chi connectivity index (χ2v) is 15.8. The molecule has 0 bridgehead atoms. The van der Waals surface area contributed by atoms with E-state index in [9.17, 15) is 0 Å². The lowest BCUT2D eigenvalue weighted by Crippen LogP contribution is -2.14. The molecular weight excluding hydrogens is 833 g/mol. The second kappa shape index (κ2) is 22.4. The lowest BCUT2D eigenvalue weighted by Gasteiger charge is -2.20. The Balaban J connectivity index is 0.910. The maximum absolute atomic E-state index is 6.51. The van der Waals surface area contributed by atoms with Gasteiger partial charge in [0.1, 0.15) is 51.1 Å². The molecule has 0 saturated carbocycles. The van der Waals surface area contributed by atoms with E-state index in [1.807, 2.05) is 84.9 Å². The van der Waals surface area contributed by atoms with Crippen LogP contribution in [0, 0.1) is 0 Å². The molecular formula is C56H54O10. The van der Waals surface area contributed by atoms with Crippen molar-refractivity contribution >= 4 is 43.1 Å². The summed E-state index contributed by atoms with van der Waals surface area (Å²) in [6.07, 6.45) is 0. The van der Waals surface area contributed by atoms with E-state index < -0.39 is 0 Å². The van der Waals surface area contributed by atoms with E-state index >= 15 is 0 Å². The Morgan fingerprint density at radius 1 is 0.273 bits per heavy atom. The van der Waals surface area contributed by atoms with Crippen LogP contribution in [-0.2, 0) is 18.9 Å². The minimum atomic E-state index is 0.226. The van der Waals surface area contributed by atoms with Crippen LogP contribution >= 0.6 is 0 Å². The molecule has 8 aromatic rings. The number of benzene rings is 8. The molecule has 0 aliphatic carbocycles. The van der Waals surface area contributed by atoms with Crippen LogP contribution < -0.4 is 28.4 Å². The molecule has 0 amide bonds. The zero-order valence-electron chi connectivity index (χ0n) is 37.0. The van der Waals surface area contributed by atoms with Crippen molar-refractivity contribution in [1.29, 1.82) is 0 Å².